The van der Waals surface area contributed by atoms with Crippen LogP contribution in [0.1, 0.15) is 52.9 Å². The standard InChI is InChI=1S/C22H43N5/c1-5-22(18-23,27-6-2)14-20(4)10-13-26-17-21-15-24-11-7-8-19(3)9-12-25-16-21/h6,8,21,24-26H,4-5,7,9-18,23H2,1-3H3. The molecule has 0 bridgehead atoms. The van der Waals surface area contributed by atoms with Crippen molar-refractivity contribution in [3.8, 4) is 0 Å². The quantitative estimate of drug-likeness (QED) is 0.268. The molecule has 0 amide bonds. The Morgan fingerprint density at radius 2 is 2.15 bits per heavy atom. The average Bonchev–Trinajstić information content (AvgIpc) is 2.71. The summed E-state index contributed by atoms with van der Waals surface area (Å²) in [4.78, 5) is 4.63. The maximum Gasteiger partial charge on any atom is 0.0759 e. The van der Waals surface area contributed by atoms with Gasteiger partial charge in [0.05, 0.1) is 5.54 Å². The Morgan fingerprint density at radius 3 is 2.81 bits per heavy atom. The van der Waals surface area contributed by atoms with Crippen LogP contribution in [0.15, 0.2) is 28.8 Å². The van der Waals surface area contributed by atoms with Crippen molar-refractivity contribution in [1.82, 2.24) is 16.0 Å². The second-order valence-electron chi connectivity index (χ2n) is 7.91. The predicted molar refractivity (Wildman–Crippen MR) is 120 cm³/mol. The van der Waals surface area contributed by atoms with Gasteiger partial charge < -0.3 is 21.7 Å². The van der Waals surface area contributed by atoms with E-state index in [0.29, 0.717) is 12.5 Å². The monoisotopic (exact) mass is 377 g/mol. The first kappa shape index (κ1) is 24.0. The summed E-state index contributed by atoms with van der Waals surface area (Å²) in [5.41, 5.74) is 8.55. The van der Waals surface area contributed by atoms with Gasteiger partial charge in [0.25, 0.3) is 0 Å². The lowest BCUT2D eigenvalue weighted by molar-refractivity contribution is 0.407. The molecule has 156 valence electrons. The summed E-state index contributed by atoms with van der Waals surface area (Å²) < 4.78 is 0. The first-order valence-corrected chi connectivity index (χ1v) is 10.7. The molecule has 5 N–H and O–H groups in total. The minimum absolute atomic E-state index is 0.166. The lowest BCUT2D eigenvalue weighted by atomic mass is 9.88. The fourth-order valence-electron chi connectivity index (χ4n) is 3.57. The van der Waals surface area contributed by atoms with Crippen LogP contribution in [0.2, 0.25) is 0 Å². The van der Waals surface area contributed by atoms with E-state index in [1.54, 1.807) is 0 Å². The first-order chi connectivity index (χ1) is 13.0. The summed E-state index contributed by atoms with van der Waals surface area (Å²) in [6.07, 6.45) is 9.34. The predicted octanol–water partition coefficient (Wildman–Crippen LogP) is 2.65. The zero-order valence-electron chi connectivity index (χ0n) is 17.9. The molecule has 5 nitrogen and oxygen atoms in total. The van der Waals surface area contributed by atoms with Gasteiger partial charge in [-0.2, -0.15) is 0 Å². The molecule has 2 atom stereocenters. The van der Waals surface area contributed by atoms with Gasteiger partial charge in [0, 0.05) is 26.2 Å². The molecule has 2 unspecified atom stereocenters. The zero-order chi connectivity index (χ0) is 20.0. The summed E-state index contributed by atoms with van der Waals surface area (Å²) in [5.74, 6) is 0.611. The van der Waals surface area contributed by atoms with Gasteiger partial charge in [0.2, 0.25) is 0 Å². The van der Waals surface area contributed by atoms with Gasteiger partial charge in [-0.25, -0.2) is 0 Å². The lowest BCUT2D eigenvalue weighted by Gasteiger charge is -2.28. The highest BCUT2D eigenvalue weighted by atomic mass is 14.9. The molecule has 1 heterocycles. The van der Waals surface area contributed by atoms with Crippen molar-refractivity contribution in [3.63, 3.8) is 0 Å². The smallest absolute Gasteiger partial charge is 0.0759 e. The van der Waals surface area contributed by atoms with Crippen LogP contribution in [-0.2, 0) is 0 Å². The maximum absolute atomic E-state index is 5.99. The summed E-state index contributed by atoms with van der Waals surface area (Å²) >= 11 is 0. The second-order valence-corrected chi connectivity index (χ2v) is 7.91. The fraction of sp³-hybridized carbons (Fsp3) is 0.773. The van der Waals surface area contributed by atoms with Crippen molar-refractivity contribution in [2.24, 2.45) is 16.6 Å². The van der Waals surface area contributed by atoms with E-state index in [2.05, 4.69) is 47.4 Å². The second kappa shape index (κ2) is 14.1. The highest BCUT2D eigenvalue weighted by Gasteiger charge is 2.25. The van der Waals surface area contributed by atoms with E-state index in [4.69, 9.17) is 5.73 Å². The fourth-order valence-corrected chi connectivity index (χ4v) is 3.57. The van der Waals surface area contributed by atoms with Gasteiger partial charge in [-0.05, 0) is 77.7 Å². The normalized spacial score (nSPS) is 22.1. The molecule has 0 aliphatic carbocycles. The first-order valence-electron chi connectivity index (χ1n) is 10.7. The highest BCUT2D eigenvalue weighted by molar-refractivity contribution is 5.54. The van der Waals surface area contributed by atoms with Crippen molar-refractivity contribution in [1.29, 1.82) is 0 Å². The van der Waals surface area contributed by atoms with Crippen LogP contribution in [0.3, 0.4) is 0 Å². The molecular weight excluding hydrogens is 334 g/mol. The summed E-state index contributed by atoms with van der Waals surface area (Å²) in [7, 11) is 0. The number of nitrogens with one attached hydrogen (secondary N) is 3. The van der Waals surface area contributed by atoms with Crippen LogP contribution in [0, 0.1) is 5.92 Å². The van der Waals surface area contributed by atoms with E-state index in [1.807, 2.05) is 13.1 Å². The third-order valence-electron chi connectivity index (χ3n) is 5.48. The minimum atomic E-state index is -0.166. The Balaban J connectivity index is 2.31. The third-order valence-corrected chi connectivity index (χ3v) is 5.48. The molecule has 0 spiro atoms. The summed E-state index contributed by atoms with van der Waals surface area (Å²) in [6.45, 7) is 17.5. The van der Waals surface area contributed by atoms with E-state index >= 15 is 0 Å². The van der Waals surface area contributed by atoms with Gasteiger partial charge in [-0.15, -0.1) is 0 Å². The molecule has 0 aromatic carbocycles. The summed E-state index contributed by atoms with van der Waals surface area (Å²) in [6, 6.07) is 0. The molecule has 0 aromatic rings. The Hall–Kier alpha value is -1.01. The Kier molecular flexibility index (Phi) is 12.5. The number of nitrogens with two attached hydrogens (primary N) is 1. The number of nitrogens with zero attached hydrogens (tertiary/aromatic N) is 1. The number of hydrogen-bond acceptors (Lipinski definition) is 5. The third kappa shape index (κ3) is 10.2. The summed E-state index contributed by atoms with van der Waals surface area (Å²) in [5, 5.41) is 10.8. The largest absolute Gasteiger partial charge is 0.328 e. The van der Waals surface area contributed by atoms with Crippen LogP contribution < -0.4 is 21.7 Å². The molecule has 1 aliphatic rings. The molecular formula is C22H43N5. The molecule has 0 aromatic heterocycles. The van der Waals surface area contributed by atoms with Crippen LogP contribution in [-0.4, -0.2) is 57.6 Å². The molecule has 0 saturated heterocycles. The van der Waals surface area contributed by atoms with Gasteiger partial charge in [-0.3, -0.25) is 4.99 Å². The van der Waals surface area contributed by atoms with Crippen LogP contribution >= 0.6 is 0 Å². The van der Waals surface area contributed by atoms with Gasteiger partial charge in [0.1, 0.15) is 0 Å². The SMILES string of the molecule is C=C(CCNCC1CNCCC=C(C)CCNC1)CC(CC)(CN)N=CC. The number of hydrogen-bond donors (Lipinski definition) is 4. The highest BCUT2D eigenvalue weighted by Crippen LogP contribution is 2.24. The van der Waals surface area contributed by atoms with Crippen molar-refractivity contribution in [2.75, 3.05) is 45.8 Å². The average molecular weight is 378 g/mol. The maximum atomic E-state index is 5.99. The van der Waals surface area contributed by atoms with Gasteiger partial charge >= 0.3 is 0 Å². The Labute approximate surface area is 167 Å². The molecule has 5 heteroatoms. The van der Waals surface area contributed by atoms with E-state index in [1.165, 1.54) is 11.1 Å². The van der Waals surface area contributed by atoms with Crippen molar-refractivity contribution < 1.29 is 0 Å². The van der Waals surface area contributed by atoms with Gasteiger partial charge in [0.15, 0.2) is 0 Å². The van der Waals surface area contributed by atoms with Crippen molar-refractivity contribution in [2.45, 2.75) is 58.4 Å². The molecule has 0 radical (unpaired) electrons. The minimum Gasteiger partial charge on any atom is -0.328 e. The number of aliphatic imine (C=N–C) groups is 1. The lowest BCUT2D eigenvalue weighted by Crippen LogP contribution is -2.39. The van der Waals surface area contributed by atoms with Crippen molar-refractivity contribution in [3.05, 3.63) is 23.8 Å². The van der Waals surface area contributed by atoms with Crippen LogP contribution in [0.4, 0.5) is 0 Å². The van der Waals surface area contributed by atoms with E-state index < -0.39 is 0 Å². The zero-order valence-corrected chi connectivity index (χ0v) is 17.9. The Morgan fingerprint density at radius 1 is 1.41 bits per heavy atom. The molecule has 1 rings (SSSR count). The van der Waals surface area contributed by atoms with E-state index in [-0.39, 0.29) is 5.54 Å². The van der Waals surface area contributed by atoms with Crippen LogP contribution in [0.25, 0.3) is 0 Å². The van der Waals surface area contributed by atoms with E-state index in [9.17, 15) is 0 Å². The van der Waals surface area contributed by atoms with Crippen LogP contribution in [0.5, 0.6) is 0 Å². The van der Waals surface area contributed by atoms with Crippen molar-refractivity contribution >= 4 is 6.21 Å². The molecule has 0 saturated carbocycles. The molecule has 0 fully saturated rings. The van der Waals surface area contributed by atoms with E-state index in [0.717, 1.165) is 71.4 Å². The number of rotatable bonds is 10. The topological polar surface area (TPSA) is 74.5 Å². The van der Waals surface area contributed by atoms with Gasteiger partial charge in [-0.1, -0.05) is 30.7 Å². The Bertz CT molecular complexity index is 465. The molecule has 1 aliphatic heterocycles. The molecule has 27 heavy (non-hydrogen) atoms.